The number of halogens is 1. The van der Waals surface area contributed by atoms with E-state index in [1.807, 2.05) is 0 Å². The van der Waals surface area contributed by atoms with E-state index in [2.05, 4.69) is 5.32 Å². The van der Waals surface area contributed by atoms with Gasteiger partial charge in [-0.1, -0.05) is 0 Å². The molecule has 1 saturated heterocycles. The Morgan fingerprint density at radius 2 is 2.10 bits per heavy atom. The molecular weight excluding hydrogens is 269 g/mol. The number of rotatable bonds is 3. The molecule has 0 radical (unpaired) electrons. The first kappa shape index (κ1) is 14.2. The summed E-state index contributed by atoms with van der Waals surface area (Å²) >= 11 is 0. The first-order valence-corrected chi connectivity index (χ1v) is 6.07. The highest BCUT2D eigenvalue weighted by atomic mass is 19.1. The highest BCUT2D eigenvalue weighted by Gasteiger charge is 2.28. The molecule has 1 aromatic rings. The van der Waals surface area contributed by atoms with Gasteiger partial charge < -0.3 is 15.0 Å². The number of hydrogen-bond acceptors (Lipinski definition) is 5. The predicted molar refractivity (Wildman–Crippen MR) is 69.3 cm³/mol. The molecule has 1 heterocycles. The smallest absolute Gasteiger partial charge is 0.285 e. The van der Waals surface area contributed by atoms with Crippen molar-refractivity contribution < 1.29 is 18.8 Å². The lowest BCUT2D eigenvalue weighted by atomic mass is 10.1. The predicted octanol–water partition coefficient (Wildman–Crippen LogP) is 1.25. The normalized spacial score (nSPS) is 15.0. The van der Waals surface area contributed by atoms with Gasteiger partial charge in [-0.05, 0) is 6.07 Å². The molecule has 0 atom stereocenters. The lowest BCUT2D eigenvalue weighted by Crippen LogP contribution is -2.40. The van der Waals surface area contributed by atoms with Crippen molar-refractivity contribution in [2.24, 2.45) is 0 Å². The van der Waals surface area contributed by atoms with Crippen LogP contribution >= 0.6 is 0 Å². The van der Waals surface area contributed by atoms with Gasteiger partial charge in [0.05, 0.1) is 29.9 Å². The Morgan fingerprint density at radius 3 is 2.65 bits per heavy atom. The van der Waals surface area contributed by atoms with Gasteiger partial charge in [0.1, 0.15) is 5.56 Å². The molecule has 1 aromatic carbocycles. The van der Waals surface area contributed by atoms with Crippen LogP contribution in [0.2, 0.25) is 0 Å². The van der Waals surface area contributed by atoms with Crippen molar-refractivity contribution in [2.75, 3.05) is 38.7 Å². The molecule has 0 unspecified atom stereocenters. The number of carbonyl (C=O) groups is 1. The fraction of sp³-hybridized carbons (Fsp3) is 0.417. The molecule has 1 aliphatic rings. The van der Waals surface area contributed by atoms with E-state index in [1.54, 1.807) is 0 Å². The van der Waals surface area contributed by atoms with E-state index >= 15 is 0 Å². The maximum absolute atomic E-state index is 13.6. The molecule has 1 fully saturated rings. The molecule has 2 rings (SSSR count). The fourth-order valence-electron chi connectivity index (χ4n) is 2.01. The van der Waals surface area contributed by atoms with Crippen molar-refractivity contribution in [3.05, 3.63) is 33.6 Å². The van der Waals surface area contributed by atoms with Gasteiger partial charge in [-0.3, -0.25) is 14.9 Å². The van der Waals surface area contributed by atoms with E-state index in [-0.39, 0.29) is 11.3 Å². The van der Waals surface area contributed by atoms with Crippen LogP contribution in [0.3, 0.4) is 0 Å². The maximum Gasteiger partial charge on any atom is 0.285 e. The number of nitrogens with zero attached hydrogens (tertiary/aromatic N) is 2. The van der Waals surface area contributed by atoms with Gasteiger partial charge >= 0.3 is 0 Å². The summed E-state index contributed by atoms with van der Waals surface area (Å²) in [7, 11) is 1.48. The van der Waals surface area contributed by atoms with E-state index < -0.39 is 22.3 Å². The Bertz CT molecular complexity index is 544. The van der Waals surface area contributed by atoms with Gasteiger partial charge in [0.15, 0.2) is 5.82 Å². The van der Waals surface area contributed by atoms with Crippen LogP contribution in [0.25, 0.3) is 0 Å². The van der Waals surface area contributed by atoms with Gasteiger partial charge in [0.2, 0.25) is 0 Å². The number of nitrogens with one attached hydrogen (secondary N) is 1. The highest BCUT2D eigenvalue weighted by Crippen LogP contribution is 2.27. The molecule has 0 aromatic heterocycles. The summed E-state index contributed by atoms with van der Waals surface area (Å²) in [6.07, 6.45) is 0. The Morgan fingerprint density at radius 1 is 1.45 bits per heavy atom. The van der Waals surface area contributed by atoms with E-state index in [0.29, 0.717) is 26.3 Å². The second-order valence-electron chi connectivity index (χ2n) is 4.26. The average molecular weight is 283 g/mol. The van der Waals surface area contributed by atoms with Crippen LogP contribution in [0, 0.1) is 15.9 Å². The summed E-state index contributed by atoms with van der Waals surface area (Å²) in [4.78, 5) is 24.0. The molecule has 20 heavy (non-hydrogen) atoms. The molecule has 1 N–H and O–H groups in total. The molecule has 0 bridgehead atoms. The zero-order chi connectivity index (χ0) is 14.7. The van der Waals surface area contributed by atoms with Crippen LogP contribution in [0.15, 0.2) is 12.1 Å². The van der Waals surface area contributed by atoms with Crippen LogP contribution in [0.4, 0.5) is 15.8 Å². The van der Waals surface area contributed by atoms with Crippen molar-refractivity contribution in [1.29, 1.82) is 0 Å². The van der Waals surface area contributed by atoms with Crippen molar-refractivity contribution in [1.82, 2.24) is 4.90 Å². The topological polar surface area (TPSA) is 84.7 Å². The minimum absolute atomic E-state index is 0.0483. The summed E-state index contributed by atoms with van der Waals surface area (Å²) in [5.41, 5.74) is -0.604. The second kappa shape index (κ2) is 5.83. The highest BCUT2D eigenvalue weighted by molar-refractivity contribution is 5.99. The zero-order valence-corrected chi connectivity index (χ0v) is 10.9. The molecule has 0 saturated carbocycles. The number of amides is 1. The lowest BCUT2D eigenvalue weighted by Gasteiger charge is -2.26. The van der Waals surface area contributed by atoms with Gasteiger partial charge in [0.25, 0.3) is 11.6 Å². The Kier molecular flexibility index (Phi) is 4.14. The second-order valence-corrected chi connectivity index (χ2v) is 4.26. The number of benzene rings is 1. The van der Waals surface area contributed by atoms with Crippen molar-refractivity contribution in [3.8, 4) is 0 Å². The fourth-order valence-corrected chi connectivity index (χ4v) is 2.01. The van der Waals surface area contributed by atoms with Crippen LogP contribution < -0.4 is 5.32 Å². The minimum atomic E-state index is -0.766. The summed E-state index contributed by atoms with van der Waals surface area (Å²) in [6, 6.07) is 1.94. The third-order valence-electron chi connectivity index (χ3n) is 3.08. The average Bonchev–Trinajstić information content (AvgIpc) is 2.47. The summed E-state index contributed by atoms with van der Waals surface area (Å²) in [5.74, 6) is -1.26. The van der Waals surface area contributed by atoms with E-state index in [4.69, 9.17) is 4.74 Å². The molecule has 7 nitrogen and oxygen atoms in total. The Hall–Kier alpha value is -2.22. The van der Waals surface area contributed by atoms with Gasteiger partial charge in [-0.15, -0.1) is 0 Å². The van der Waals surface area contributed by atoms with E-state index in [0.717, 1.165) is 6.07 Å². The van der Waals surface area contributed by atoms with Gasteiger partial charge in [0, 0.05) is 20.1 Å². The maximum atomic E-state index is 13.6. The minimum Gasteiger partial charge on any atom is -0.386 e. The zero-order valence-electron chi connectivity index (χ0n) is 10.9. The molecule has 1 amide bonds. The third kappa shape index (κ3) is 2.69. The Labute approximate surface area is 114 Å². The molecule has 1 aliphatic heterocycles. The number of nitro groups is 1. The number of nitro benzene ring substituents is 1. The van der Waals surface area contributed by atoms with Crippen molar-refractivity contribution in [2.45, 2.75) is 0 Å². The standard InChI is InChI=1S/C12H14FN3O4/c1-14-10-6-8(11(16(18)19)7-9(10)13)12(17)15-2-4-20-5-3-15/h6-7,14H,2-5H2,1H3. The van der Waals surface area contributed by atoms with E-state index in [1.165, 1.54) is 18.0 Å². The van der Waals surface area contributed by atoms with Gasteiger partial charge in [-0.25, -0.2) is 4.39 Å². The first-order valence-electron chi connectivity index (χ1n) is 6.07. The van der Waals surface area contributed by atoms with Crippen molar-refractivity contribution >= 4 is 17.3 Å². The van der Waals surface area contributed by atoms with Gasteiger partial charge in [-0.2, -0.15) is 0 Å². The monoisotopic (exact) mass is 283 g/mol. The number of carbonyl (C=O) groups excluding carboxylic acids is 1. The van der Waals surface area contributed by atoms with Crippen LogP contribution in [0.5, 0.6) is 0 Å². The quantitative estimate of drug-likeness (QED) is 0.666. The molecule has 108 valence electrons. The number of ether oxygens (including phenoxy) is 1. The SMILES string of the molecule is CNc1cc(C(=O)N2CCOCC2)c([N+](=O)[O-])cc1F. The summed E-state index contributed by atoms with van der Waals surface area (Å²) < 4.78 is 18.7. The van der Waals surface area contributed by atoms with Crippen molar-refractivity contribution in [3.63, 3.8) is 0 Å². The largest absolute Gasteiger partial charge is 0.386 e. The molecule has 8 heteroatoms. The third-order valence-corrected chi connectivity index (χ3v) is 3.08. The first-order chi connectivity index (χ1) is 9.54. The number of hydrogen-bond donors (Lipinski definition) is 1. The lowest BCUT2D eigenvalue weighted by molar-refractivity contribution is -0.385. The molecule has 0 spiro atoms. The number of morpholine rings is 1. The summed E-state index contributed by atoms with van der Waals surface area (Å²) in [5, 5.41) is 13.6. The van der Waals surface area contributed by atoms with E-state index in [9.17, 15) is 19.3 Å². The number of anilines is 1. The molecule has 0 aliphatic carbocycles. The van der Waals surface area contributed by atoms with Crippen LogP contribution in [-0.4, -0.2) is 49.1 Å². The molecular formula is C12H14FN3O4. The Balaban J connectivity index is 2.42. The summed E-state index contributed by atoms with van der Waals surface area (Å²) in [6.45, 7) is 1.50. The van der Waals surface area contributed by atoms with Crippen LogP contribution in [0.1, 0.15) is 10.4 Å². The van der Waals surface area contributed by atoms with Crippen LogP contribution in [-0.2, 0) is 4.74 Å².